The molecule has 2 N–H and O–H groups in total. The van der Waals surface area contributed by atoms with Crippen molar-refractivity contribution in [1.82, 2.24) is 4.90 Å². The van der Waals surface area contributed by atoms with Crippen LogP contribution in [0.4, 0.5) is 0 Å². The third kappa shape index (κ3) is 2.71. The summed E-state index contributed by atoms with van der Waals surface area (Å²) < 4.78 is 0. The normalized spacial score (nSPS) is 28.9. The minimum Gasteiger partial charge on any atom is -0.328 e. The Balaban J connectivity index is 1.81. The van der Waals surface area contributed by atoms with Crippen molar-refractivity contribution in [1.29, 1.82) is 0 Å². The zero-order chi connectivity index (χ0) is 9.80. The molecule has 1 aliphatic carbocycles. The summed E-state index contributed by atoms with van der Waals surface area (Å²) in [6, 6.07) is 1.38. The Morgan fingerprint density at radius 2 is 1.36 bits per heavy atom. The SMILES string of the molecule is NC1CCN(C2CCCCCC2)CC1. The average molecular weight is 196 g/mol. The van der Waals surface area contributed by atoms with Crippen LogP contribution in [0.1, 0.15) is 51.4 Å². The molecule has 0 aromatic carbocycles. The fourth-order valence-electron chi connectivity index (χ4n) is 2.91. The molecule has 0 amide bonds. The van der Waals surface area contributed by atoms with Gasteiger partial charge in [0.15, 0.2) is 0 Å². The summed E-state index contributed by atoms with van der Waals surface area (Å²) in [6.07, 6.45) is 11.1. The van der Waals surface area contributed by atoms with Crippen LogP contribution in [0.15, 0.2) is 0 Å². The topological polar surface area (TPSA) is 29.3 Å². The second-order valence-corrected chi connectivity index (χ2v) is 5.02. The number of hydrogen-bond donors (Lipinski definition) is 1. The standard InChI is InChI=1S/C12H24N2/c13-11-7-9-14(10-8-11)12-5-3-1-2-4-6-12/h11-12H,1-10,13H2. The van der Waals surface area contributed by atoms with Gasteiger partial charge in [-0.05, 0) is 38.8 Å². The molecule has 82 valence electrons. The van der Waals surface area contributed by atoms with E-state index in [1.807, 2.05) is 0 Å². The predicted octanol–water partition coefficient (Wildman–Crippen LogP) is 2.13. The lowest BCUT2D eigenvalue weighted by atomic mass is 10.0. The van der Waals surface area contributed by atoms with Crippen LogP contribution >= 0.6 is 0 Å². The first kappa shape index (κ1) is 10.4. The molecule has 0 aromatic rings. The fourth-order valence-corrected chi connectivity index (χ4v) is 2.91. The molecule has 2 aliphatic rings. The van der Waals surface area contributed by atoms with Crippen molar-refractivity contribution in [2.75, 3.05) is 13.1 Å². The van der Waals surface area contributed by atoms with Crippen molar-refractivity contribution < 1.29 is 0 Å². The number of nitrogens with zero attached hydrogens (tertiary/aromatic N) is 1. The summed E-state index contributed by atoms with van der Waals surface area (Å²) in [7, 11) is 0. The molecule has 1 aliphatic heterocycles. The highest BCUT2D eigenvalue weighted by Gasteiger charge is 2.23. The number of hydrogen-bond acceptors (Lipinski definition) is 2. The van der Waals surface area contributed by atoms with Gasteiger partial charge in [-0.25, -0.2) is 0 Å². The third-order valence-corrected chi connectivity index (χ3v) is 3.92. The smallest absolute Gasteiger partial charge is 0.00952 e. The van der Waals surface area contributed by atoms with E-state index in [9.17, 15) is 0 Å². The van der Waals surface area contributed by atoms with Crippen molar-refractivity contribution in [2.45, 2.75) is 63.5 Å². The Hall–Kier alpha value is -0.0800. The monoisotopic (exact) mass is 196 g/mol. The first-order valence-electron chi connectivity index (χ1n) is 6.36. The zero-order valence-electron chi connectivity index (χ0n) is 9.25. The van der Waals surface area contributed by atoms with E-state index in [1.165, 1.54) is 64.5 Å². The van der Waals surface area contributed by atoms with Gasteiger partial charge in [-0.1, -0.05) is 25.7 Å². The Morgan fingerprint density at radius 3 is 1.93 bits per heavy atom. The number of likely N-dealkylation sites (tertiary alicyclic amines) is 1. The van der Waals surface area contributed by atoms with Crippen LogP contribution in [0.2, 0.25) is 0 Å². The molecule has 1 saturated heterocycles. The van der Waals surface area contributed by atoms with E-state index in [1.54, 1.807) is 0 Å². The molecule has 0 unspecified atom stereocenters. The Kier molecular flexibility index (Phi) is 3.82. The summed E-state index contributed by atoms with van der Waals surface area (Å²) >= 11 is 0. The van der Waals surface area contributed by atoms with Crippen LogP contribution < -0.4 is 5.73 Å². The number of rotatable bonds is 1. The Morgan fingerprint density at radius 1 is 0.786 bits per heavy atom. The van der Waals surface area contributed by atoms with E-state index >= 15 is 0 Å². The number of nitrogens with two attached hydrogens (primary N) is 1. The molecule has 0 atom stereocenters. The molecule has 2 rings (SSSR count). The molecule has 2 heteroatoms. The molecule has 1 heterocycles. The highest BCUT2D eigenvalue weighted by molar-refractivity contribution is 4.81. The Labute approximate surface area is 87.8 Å². The number of piperidine rings is 1. The van der Waals surface area contributed by atoms with Gasteiger partial charge in [-0.2, -0.15) is 0 Å². The summed E-state index contributed by atoms with van der Waals surface area (Å²) in [5.41, 5.74) is 5.93. The van der Waals surface area contributed by atoms with Gasteiger partial charge in [0.2, 0.25) is 0 Å². The molecule has 2 fully saturated rings. The largest absolute Gasteiger partial charge is 0.328 e. The fraction of sp³-hybridized carbons (Fsp3) is 1.00. The summed E-state index contributed by atoms with van der Waals surface area (Å²) in [4.78, 5) is 2.70. The van der Waals surface area contributed by atoms with E-state index < -0.39 is 0 Å². The van der Waals surface area contributed by atoms with Gasteiger partial charge in [0.05, 0.1) is 0 Å². The second kappa shape index (κ2) is 5.13. The molecule has 14 heavy (non-hydrogen) atoms. The summed E-state index contributed by atoms with van der Waals surface area (Å²) in [5, 5.41) is 0. The molecule has 2 nitrogen and oxygen atoms in total. The van der Waals surface area contributed by atoms with E-state index in [0.717, 1.165) is 6.04 Å². The highest BCUT2D eigenvalue weighted by Crippen LogP contribution is 2.24. The van der Waals surface area contributed by atoms with Gasteiger partial charge < -0.3 is 10.6 Å². The van der Waals surface area contributed by atoms with E-state index in [2.05, 4.69) is 4.90 Å². The first-order chi connectivity index (χ1) is 6.86. The third-order valence-electron chi connectivity index (χ3n) is 3.92. The predicted molar refractivity (Wildman–Crippen MR) is 60.3 cm³/mol. The van der Waals surface area contributed by atoms with Crippen LogP contribution in [-0.2, 0) is 0 Å². The molecular weight excluding hydrogens is 172 g/mol. The van der Waals surface area contributed by atoms with Gasteiger partial charge in [0.1, 0.15) is 0 Å². The maximum absolute atomic E-state index is 5.93. The van der Waals surface area contributed by atoms with E-state index in [-0.39, 0.29) is 0 Å². The molecule has 0 bridgehead atoms. The van der Waals surface area contributed by atoms with Crippen LogP contribution in [-0.4, -0.2) is 30.1 Å². The zero-order valence-corrected chi connectivity index (χ0v) is 9.25. The van der Waals surface area contributed by atoms with Gasteiger partial charge in [-0.15, -0.1) is 0 Å². The lowest BCUT2D eigenvalue weighted by Crippen LogP contribution is -2.44. The maximum Gasteiger partial charge on any atom is 0.00952 e. The van der Waals surface area contributed by atoms with Gasteiger partial charge in [-0.3, -0.25) is 0 Å². The van der Waals surface area contributed by atoms with Gasteiger partial charge >= 0.3 is 0 Å². The van der Waals surface area contributed by atoms with E-state index in [0.29, 0.717) is 6.04 Å². The minimum absolute atomic E-state index is 0.483. The van der Waals surface area contributed by atoms with Crippen molar-refractivity contribution in [2.24, 2.45) is 5.73 Å². The van der Waals surface area contributed by atoms with Crippen molar-refractivity contribution in [3.8, 4) is 0 Å². The Bertz CT molecular complexity index is 154. The summed E-state index contributed by atoms with van der Waals surface area (Å²) in [5.74, 6) is 0. The maximum atomic E-state index is 5.93. The van der Waals surface area contributed by atoms with Crippen molar-refractivity contribution in [3.05, 3.63) is 0 Å². The average Bonchev–Trinajstić information content (AvgIpc) is 2.47. The molecule has 0 aromatic heterocycles. The second-order valence-electron chi connectivity index (χ2n) is 5.02. The highest BCUT2D eigenvalue weighted by atomic mass is 15.2. The van der Waals surface area contributed by atoms with Crippen molar-refractivity contribution in [3.63, 3.8) is 0 Å². The van der Waals surface area contributed by atoms with Crippen LogP contribution in [0.3, 0.4) is 0 Å². The van der Waals surface area contributed by atoms with E-state index in [4.69, 9.17) is 5.73 Å². The lowest BCUT2D eigenvalue weighted by Gasteiger charge is -2.36. The molecule has 0 radical (unpaired) electrons. The van der Waals surface area contributed by atoms with Crippen LogP contribution in [0, 0.1) is 0 Å². The van der Waals surface area contributed by atoms with Crippen LogP contribution in [0.5, 0.6) is 0 Å². The van der Waals surface area contributed by atoms with Crippen molar-refractivity contribution >= 4 is 0 Å². The molecule has 1 saturated carbocycles. The lowest BCUT2D eigenvalue weighted by molar-refractivity contribution is 0.140. The first-order valence-corrected chi connectivity index (χ1v) is 6.36. The minimum atomic E-state index is 0.483. The van der Waals surface area contributed by atoms with Gasteiger partial charge in [0.25, 0.3) is 0 Å². The van der Waals surface area contributed by atoms with Gasteiger partial charge in [0, 0.05) is 12.1 Å². The quantitative estimate of drug-likeness (QED) is 0.651. The van der Waals surface area contributed by atoms with Crippen LogP contribution in [0.25, 0.3) is 0 Å². The molecular formula is C12H24N2. The molecule has 0 spiro atoms. The summed E-state index contributed by atoms with van der Waals surface area (Å²) in [6.45, 7) is 2.51.